The highest BCUT2D eigenvalue weighted by Crippen LogP contribution is 2.28. The minimum atomic E-state index is 0.0262. The molecule has 0 aliphatic heterocycles. The van der Waals surface area contributed by atoms with Crippen LogP contribution in [0.15, 0.2) is 41.2 Å². The van der Waals surface area contributed by atoms with Crippen LogP contribution in [0.2, 0.25) is 0 Å². The lowest BCUT2D eigenvalue weighted by atomic mass is 10.1. The summed E-state index contributed by atoms with van der Waals surface area (Å²) in [5.41, 5.74) is 2.01. The van der Waals surface area contributed by atoms with Gasteiger partial charge in [0.1, 0.15) is 0 Å². The van der Waals surface area contributed by atoms with Crippen molar-refractivity contribution in [1.29, 1.82) is 0 Å². The van der Waals surface area contributed by atoms with Crippen LogP contribution in [-0.4, -0.2) is 23.4 Å². The van der Waals surface area contributed by atoms with Crippen LogP contribution >= 0.6 is 11.3 Å². The number of benzene rings is 2. The zero-order valence-corrected chi connectivity index (χ0v) is 12.3. The Morgan fingerprint density at radius 1 is 0.952 bits per heavy atom. The summed E-state index contributed by atoms with van der Waals surface area (Å²) in [6.45, 7) is 0.158. The molecule has 4 heteroatoms. The second kappa shape index (κ2) is 5.93. The van der Waals surface area contributed by atoms with Gasteiger partial charge in [-0.25, -0.2) is 0 Å². The van der Waals surface area contributed by atoms with Crippen LogP contribution in [0.3, 0.4) is 0 Å². The van der Waals surface area contributed by atoms with Crippen LogP contribution in [0, 0.1) is 0 Å². The van der Waals surface area contributed by atoms with Crippen molar-refractivity contribution in [3.8, 4) is 0 Å². The first kappa shape index (κ1) is 14.2. The van der Waals surface area contributed by atoms with E-state index in [-0.39, 0.29) is 18.6 Å². The molecular formula is C17H16O3S. The number of hydrogen-bond donors (Lipinski definition) is 2. The molecular weight excluding hydrogens is 284 g/mol. The topological polar surface area (TPSA) is 57.5 Å². The highest BCUT2D eigenvalue weighted by atomic mass is 32.1. The van der Waals surface area contributed by atoms with Gasteiger partial charge in [-0.3, -0.25) is 4.79 Å². The van der Waals surface area contributed by atoms with E-state index in [9.17, 15) is 4.79 Å². The van der Waals surface area contributed by atoms with Crippen molar-refractivity contribution < 1.29 is 10.2 Å². The molecule has 0 radical (unpaired) electrons. The first-order valence-corrected chi connectivity index (χ1v) is 7.75. The highest BCUT2D eigenvalue weighted by molar-refractivity contribution is 7.24. The Labute approximate surface area is 126 Å². The van der Waals surface area contributed by atoms with E-state index in [4.69, 9.17) is 10.2 Å². The molecule has 0 saturated carbocycles. The zero-order chi connectivity index (χ0) is 14.8. The summed E-state index contributed by atoms with van der Waals surface area (Å²) in [5.74, 6) is 0. The maximum absolute atomic E-state index is 12.7. The van der Waals surface area contributed by atoms with Gasteiger partial charge >= 0.3 is 0 Å². The predicted molar refractivity (Wildman–Crippen MR) is 87.2 cm³/mol. The lowest BCUT2D eigenvalue weighted by Gasteiger charge is -2.07. The minimum absolute atomic E-state index is 0.0262. The monoisotopic (exact) mass is 300 g/mol. The summed E-state index contributed by atoms with van der Waals surface area (Å²) in [6, 6.07) is 11.4. The molecule has 3 aromatic rings. The molecule has 3 nitrogen and oxygen atoms in total. The molecule has 108 valence electrons. The Bertz CT molecular complexity index is 845. The molecule has 0 aliphatic rings. The quantitative estimate of drug-likeness (QED) is 0.728. The van der Waals surface area contributed by atoms with Gasteiger partial charge in [-0.1, -0.05) is 18.2 Å². The van der Waals surface area contributed by atoms with Crippen LogP contribution in [0.5, 0.6) is 0 Å². The third-order valence-corrected chi connectivity index (χ3v) is 4.89. The van der Waals surface area contributed by atoms with E-state index in [2.05, 4.69) is 0 Å². The SMILES string of the molecule is O=c1c2cc(CCO)ccc2sc2c(CCO)cccc12. The van der Waals surface area contributed by atoms with E-state index in [1.165, 1.54) is 0 Å². The highest BCUT2D eigenvalue weighted by Gasteiger charge is 2.09. The summed E-state index contributed by atoms with van der Waals surface area (Å²) < 4.78 is 1.90. The fourth-order valence-electron chi connectivity index (χ4n) is 2.58. The van der Waals surface area contributed by atoms with Gasteiger partial charge in [0.15, 0.2) is 5.43 Å². The first-order chi connectivity index (χ1) is 10.2. The van der Waals surface area contributed by atoms with Crippen molar-refractivity contribution in [2.24, 2.45) is 0 Å². The smallest absolute Gasteiger partial charge is 0.195 e. The van der Waals surface area contributed by atoms with E-state index >= 15 is 0 Å². The normalized spacial score (nSPS) is 11.3. The fourth-order valence-corrected chi connectivity index (χ4v) is 3.77. The van der Waals surface area contributed by atoms with Gasteiger partial charge in [-0.2, -0.15) is 0 Å². The Kier molecular flexibility index (Phi) is 4.01. The van der Waals surface area contributed by atoms with Crippen LogP contribution in [0.1, 0.15) is 11.1 Å². The fraction of sp³-hybridized carbons (Fsp3) is 0.235. The molecule has 0 saturated heterocycles. The van der Waals surface area contributed by atoms with Crippen LogP contribution in [-0.2, 0) is 12.8 Å². The molecule has 0 bridgehead atoms. The van der Waals surface area contributed by atoms with Gasteiger partial charge in [0.2, 0.25) is 0 Å². The van der Waals surface area contributed by atoms with Crippen molar-refractivity contribution in [1.82, 2.24) is 0 Å². The Hall–Kier alpha value is -1.75. The third-order valence-electron chi connectivity index (χ3n) is 3.62. The van der Waals surface area contributed by atoms with Crippen LogP contribution in [0.4, 0.5) is 0 Å². The summed E-state index contributed by atoms with van der Waals surface area (Å²) in [5, 5.41) is 19.6. The van der Waals surface area contributed by atoms with Crippen LogP contribution < -0.4 is 5.43 Å². The summed E-state index contributed by atoms with van der Waals surface area (Å²) in [4.78, 5) is 12.7. The van der Waals surface area contributed by atoms with Gasteiger partial charge in [0.25, 0.3) is 0 Å². The van der Waals surface area contributed by atoms with Gasteiger partial charge in [-0.15, -0.1) is 11.3 Å². The molecule has 0 fully saturated rings. The number of aliphatic hydroxyl groups is 2. The van der Waals surface area contributed by atoms with Crippen molar-refractivity contribution in [2.45, 2.75) is 12.8 Å². The molecule has 2 aromatic carbocycles. The van der Waals surface area contributed by atoms with Crippen molar-refractivity contribution in [3.05, 3.63) is 57.7 Å². The second-order valence-corrected chi connectivity index (χ2v) is 6.05. The molecule has 0 atom stereocenters. The minimum Gasteiger partial charge on any atom is -0.396 e. The average molecular weight is 300 g/mol. The van der Waals surface area contributed by atoms with Gasteiger partial charge in [-0.05, 0) is 42.2 Å². The van der Waals surface area contributed by atoms with E-state index < -0.39 is 0 Å². The number of rotatable bonds is 4. The largest absolute Gasteiger partial charge is 0.396 e. The standard InChI is InChI=1S/C17H16O3S/c18-8-6-11-4-5-15-14(10-11)16(20)13-3-1-2-12(7-9-19)17(13)21-15/h1-5,10,18-19H,6-9H2. The third kappa shape index (κ3) is 2.58. The second-order valence-electron chi connectivity index (χ2n) is 5.00. The van der Waals surface area contributed by atoms with E-state index in [1.54, 1.807) is 11.3 Å². The number of hydrogen-bond acceptors (Lipinski definition) is 4. The maximum atomic E-state index is 12.7. The molecule has 21 heavy (non-hydrogen) atoms. The number of fused-ring (bicyclic) bond motifs is 2. The van der Waals surface area contributed by atoms with Gasteiger partial charge < -0.3 is 10.2 Å². The summed E-state index contributed by atoms with van der Waals surface area (Å²) >= 11 is 1.59. The van der Waals surface area contributed by atoms with E-state index in [1.807, 2.05) is 36.4 Å². The molecule has 1 heterocycles. The zero-order valence-electron chi connectivity index (χ0n) is 11.5. The first-order valence-electron chi connectivity index (χ1n) is 6.93. The molecule has 0 aliphatic carbocycles. The lowest BCUT2D eigenvalue weighted by Crippen LogP contribution is -2.04. The molecule has 0 amide bonds. The maximum Gasteiger partial charge on any atom is 0.195 e. The predicted octanol–water partition coefficient (Wildman–Crippen LogP) is 2.48. The summed E-state index contributed by atoms with van der Waals surface area (Å²) in [6.07, 6.45) is 1.12. The van der Waals surface area contributed by atoms with Crippen molar-refractivity contribution in [3.63, 3.8) is 0 Å². The average Bonchev–Trinajstić information content (AvgIpc) is 2.50. The summed E-state index contributed by atoms with van der Waals surface area (Å²) in [7, 11) is 0. The van der Waals surface area contributed by atoms with Gasteiger partial charge in [0.05, 0.1) is 0 Å². The molecule has 2 N–H and O–H groups in total. The molecule has 0 unspecified atom stereocenters. The molecule has 3 rings (SSSR count). The van der Waals surface area contributed by atoms with Crippen LogP contribution in [0.25, 0.3) is 20.2 Å². The Balaban J connectivity index is 2.32. The van der Waals surface area contributed by atoms with Gasteiger partial charge in [0, 0.05) is 33.4 Å². The Morgan fingerprint density at radius 3 is 2.52 bits per heavy atom. The lowest BCUT2D eigenvalue weighted by molar-refractivity contribution is 0.299. The number of aliphatic hydroxyl groups excluding tert-OH is 2. The Morgan fingerprint density at radius 2 is 1.76 bits per heavy atom. The van der Waals surface area contributed by atoms with Crippen molar-refractivity contribution in [2.75, 3.05) is 13.2 Å². The molecule has 0 spiro atoms. The molecule has 1 aromatic heterocycles. The van der Waals surface area contributed by atoms with E-state index in [0.717, 1.165) is 20.5 Å². The van der Waals surface area contributed by atoms with Crippen molar-refractivity contribution >= 4 is 31.5 Å². The van der Waals surface area contributed by atoms with E-state index in [0.29, 0.717) is 23.6 Å².